The van der Waals surface area contributed by atoms with Gasteiger partial charge in [0.15, 0.2) is 5.78 Å². The summed E-state index contributed by atoms with van der Waals surface area (Å²) < 4.78 is 15.0. The molecule has 2 aromatic carbocycles. The van der Waals surface area contributed by atoms with Gasteiger partial charge in [0.25, 0.3) is 0 Å². The molecule has 0 saturated carbocycles. The average molecular weight is 521 g/mol. The van der Waals surface area contributed by atoms with Crippen LogP contribution in [-0.4, -0.2) is 5.78 Å². The van der Waals surface area contributed by atoms with E-state index in [2.05, 4.69) is 26.0 Å². The molecule has 1 nitrogen and oxygen atoms in total. The van der Waals surface area contributed by atoms with E-state index in [1.54, 1.807) is 6.07 Å². The SMILES string of the molecule is CCCCCCCCCCCCCc1ccc(-c2ccc(-c3ccc(C(=O)CCCC)s3)cc2F)cc1. The van der Waals surface area contributed by atoms with Gasteiger partial charge in [-0.1, -0.05) is 121 Å². The zero-order valence-corrected chi connectivity index (χ0v) is 23.8. The highest BCUT2D eigenvalue weighted by molar-refractivity contribution is 7.17. The monoisotopic (exact) mass is 520 g/mol. The Morgan fingerprint density at radius 1 is 0.676 bits per heavy atom. The Hall–Kier alpha value is -2.26. The van der Waals surface area contributed by atoms with Crippen LogP contribution in [-0.2, 0) is 6.42 Å². The standard InChI is InChI=1S/C34H45FOS/c1-3-5-7-8-9-10-11-12-13-14-15-16-27-18-20-28(21-19-27)30-23-22-29(26-31(30)35)33-24-25-34(37-33)32(36)17-6-4-2/h18-26H,3-17H2,1-2H3. The van der Waals surface area contributed by atoms with Gasteiger partial charge in [0.05, 0.1) is 4.88 Å². The van der Waals surface area contributed by atoms with Crippen molar-refractivity contribution in [2.24, 2.45) is 0 Å². The highest BCUT2D eigenvalue weighted by Crippen LogP contribution is 2.33. The fourth-order valence-corrected chi connectivity index (χ4v) is 5.82. The van der Waals surface area contributed by atoms with Crippen molar-refractivity contribution in [2.75, 3.05) is 0 Å². The van der Waals surface area contributed by atoms with Crippen molar-refractivity contribution in [3.63, 3.8) is 0 Å². The van der Waals surface area contributed by atoms with Crippen molar-refractivity contribution in [3.8, 4) is 21.6 Å². The summed E-state index contributed by atoms with van der Waals surface area (Å²) in [5.41, 5.74) is 3.69. The smallest absolute Gasteiger partial charge is 0.172 e. The van der Waals surface area contributed by atoms with E-state index in [1.165, 1.54) is 87.5 Å². The maximum Gasteiger partial charge on any atom is 0.172 e. The van der Waals surface area contributed by atoms with Gasteiger partial charge in [-0.05, 0) is 54.2 Å². The van der Waals surface area contributed by atoms with E-state index in [9.17, 15) is 4.79 Å². The second-order valence-electron chi connectivity index (χ2n) is 10.4. The average Bonchev–Trinajstić information content (AvgIpc) is 3.41. The molecule has 0 aliphatic heterocycles. The van der Waals surface area contributed by atoms with Gasteiger partial charge in [-0.15, -0.1) is 11.3 Å². The zero-order chi connectivity index (χ0) is 26.3. The Labute approximate surface area is 228 Å². The van der Waals surface area contributed by atoms with E-state index in [0.29, 0.717) is 12.0 Å². The number of hydrogen-bond donors (Lipinski definition) is 0. The minimum Gasteiger partial charge on any atom is -0.293 e. The summed E-state index contributed by atoms with van der Waals surface area (Å²) in [7, 11) is 0. The van der Waals surface area contributed by atoms with Gasteiger partial charge < -0.3 is 0 Å². The number of halogens is 1. The molecule has 0 aliphatic rings. The highest BCUT2D eigenvalue weighted by Gasteiger charge is 2.12. The second-order valence-corrected chi connectivity index (χ2v) is 11.5. The van der Waals surface area contributed by atoms with Crippen LogP contribution >= 0.6 is 11.3 Å². The first kappa shape index (κ1) is 29.3. The molecule has 3 heteroatoms. The van der Waals surface area contributed by atoms with Crippen molar-refractivity contribution < 1.29 is 9.18 Å². The molecule has 3 rings (SSSR count). The third-order valence-corrected chi connectivity index (χ3v) is 8.40. The maximum absolute atomic E-state index is 15.0. The third-order valence-electron chi connectivity index (χ3n) is 7.23. The lowest BCUT2D eigenvalue weighted by molar-refractivity contribution is 0.0983. The van der Waals surface area contributed by atoms with Crippen molar-refractivity contribution in [1.82, 2.24) is 0 Å². The van der Waals surface area contributed by atoms with Gasteiger partial charge >= 0.3 is 0 Å². The van der Waals surface area contributed by atoms with E-state index < -0.39 is 0 Å². The number of ketones is 1. The number of rotatable bonds is 18. The Morgan fingerprint density at radius 2 is 1.27 bits per heavy atom. The van der Waals surface area contributed by atoms with Crippen LogP contribution < -0.4 is 0 Å². The topological polar surface area (TPSA) is 17.1 Å². The number of hydrogen-bond acceptors (Lipinski definition) is 2. The first-order valence-corrected chi connectivity index (χ1v) is 15.5. The summed E-state index contributed by atoms with van der Waals surface area (Å²) in [6, 6.07) is 17.6. The first-order chi connectivity index (χ1) is 18.1. The number of benzene rings is 2. The van der Waals surface area contributed by atoms with Crippen LogP contribution in [0.15, 0.2) is 54.6 Å². The summed E-state index contributed by atoms with van der Waals surface area (Å²) in [4.78, 5) is 14.0. The summed E-state index contributed by atoms with van der Waals surface area (Å²) in [5.74, 6) is -0.0358. The van der Waals surface area contributed by atoms with Gasteiger partial charge in [-0.2, -0.15) is 0 Å². The van der Waals surface area contributed by atoms with E-state index in [1.807, 2.05) is 36.4 Å². The number of aryl methyl sites for hydroxylation is 1. The van der Waals surface area contributed by atoms with Crippen LogP contribution in [0.2, 0.25) is 0 Å². The molecule has 0 unspecified atom stereocenters. The molecule has 37 heavy (non-hydrogen) atoms. The van der Waals surface area contributed by atoms with Crippen LogP contribution in [0.1, 0.15) is 119 Å². The summed E-state index contributed by atoms with van der Waals surface area (Å²) in [6.45, 7) is 4.36. The van der Waals surface area contributed by atoms with Crippen molar-refractivity contribution >= 4 is 17.1 Å². The molecule has 200 valence electrons. The maximum atomic E-state index is 15.0. The minimum absolute atomic E-state index is 0.184. The van der Waals surface area contributed by atoms with Crippen LogP contribution in [0.5, 0.6) is 0 Å². The lowest BCUT2D eigenvalue weighted by Gasteiger charge is -2.08. The van der Waals surface area contributed by atoms with E-state index in [4.69, 9.17) is 0 Å². The van der Waals surface area contributed by atoms with Crippen molar-refractivity contribution in [1.29, 1.82) is 0 Å². The summed E-state index contributed by atoms with van der Waals surface area (Å²) in [6.07, 6.45) is 18.5. The summed E-state index contributed by atoms with van der Waals surface area (Å²) in [5, 5.41) is 0. The van der Waals surface area contributed by atoms with Crippen LogP contribution in [0.3, 0.4) is 0 Å². The molecule has 0 spiro atoms. The molecule has 1 heterocycles. The molecule has 0 saturated heterocycles. The predicted octanol–water partition coefficient (Wildman–Crippen LogP) is 11.4. The number of unbranched alkanes of at least 4 members (excludes halogenated alkanes) is 11. The fraction of sp³-hybridized carbons (Fsp3) is 0.500. The molecule has 0 atom stereocenters. The molecule has 1 aromatic heterocycles. The number of thiophene rings is 1. The Morgan fingerprint density at radius 3 is 1.89 bits per heavy atom. The molecule has 0 amide bonds. The number of Topliss-reactive ketones (excluding diaryl/α,β-unsaturated/α-hetero) is 1. The molecular formula is C34H45FOS. The number of carbonyl (C=O) groups is 1. The van der Waals surface area contributed by atoms with Crippen LogP contribution in [0, 0.1) is 5.82 Å². The molecule has 3 aromatic rings. The quantitative estimate of drug-likeness (QED) is 0.120. The highest BCUT2D eigenvalue weighted by atomic mass is 32.1. The largest absolute Gasteiger partial charge is 0.293 e. The molecular weight excluding hydrogens is 475 g/mol. The number of carbonyl (C=O) groups excluding carboxylic acids is 1. The van der Waals surface area contributed by atoms with E-state index in [-0.39, 0.29) is 11.6 Å². The predicted molar refractivity (Wildman–Crippen MR) is 159 cm³/mol. The Balaban J connectivity index is 1.43. The van der Waals surface area contributed by atoms with E-state index in [0.717, 1.165) is 40.1 Å². The van der Waals surface area contributed by atoms with Crippen molar-refractivity contribution in [2.45, 2.75) is 110 Å². The third kappa shape index (κ3) is 9.85. The van der Waals surface area contributed by atoms with Gasteiger partial charge in [0.1, 0.15) is 5.82 Å². The molecule has 0 bridgehead atoms. The van der Waals surface area contributed by atoms with E-state index >= 15 is 4.39 Å². The van der Waals surface area contributed by atoms with Crippen LogP contribution in [0.4, 0.5) is 4.39 Å². The van der Waals surface area contributed by atoms with Gasteiger partial charge in [0.2, 0.25) is 0 Å². The van der Waals surface area contributed by atoms with Gasteiger partial charge in [-0.3, -0.25) is 4.79 Å². The first-order valence-electron chi connectivity index (χ1n) is 14.6. The Bertz CT molecular complexity index is 1070. The van der Waals surface area contributed by atoms with Crippen LogP contribution in [0.25, 0.3) is 21.6 Å². The zero-order valence-electron chi connectivity index (χ0n) is 23.0. The Kier molecular flexibility index (Phi) is 13.1. The molecule has 0 N–H and O–H groups in total. The molecule has 0 aliphatic carbocycles. The molecule has 0 fully saturated rings. The lowest BCUT2D eigenvalue weighted by atomic mass is 9.99. The van der Waals surface area contributed by atoms with Gasteiger partial charge in [0, 0.05) is 16.9 Å². The normalized spacial score (nSPS) is 11.2. The second kappa shape index (κ2) is 16.6. The molecule has 0 radical (unpaired) electrons. The van der Waals surface area contributed by atoms with Gasteiger partial charge in [-0.25, -0.2) is 4.39 Å². The fourth-order valence-electron chi connectivity index (χ4n) is 4.85. The lowest BCUT2D eigenvalue weighted by Crippen LogP contribution is -1.94. The minimum atomic E-state index is -0.220. The summed E-state index contributed by atoms with van der Waals surface area (Å²) >= 11 is 1.46. The van der Waals surface area contributed by atoms with Crippen molar-refractivity contribution in [3.05, 3.63) is 70.9 Å².